The van der Waals surface area contributed by atoms with Gasteiger partial charge in [-0.05, 0) is 49.1 Å². The van der Waals surface area contributed by atoms with Gasteiger partial charge in [-0.2, -0.15) is 0 Å². The lowest BCUT2D eigenvalue weighted by atomic mass is 10.0. The van der Waals surface area contributed by atoms with Gasteiger partial charge in [0.1, 0.15) is 17.3 Å². The number of hydrogen-bond donors (Lipinski definition) is 1. The summed E-state index contributed by atoms with van der Waals surface area (Å²) in [5.41, 5.74) is 10.5. The van der Waals surface area contributed by atoms with E-state index in [1.807, 2.05) is 43.5 Å². The van der Waals surface area contributed by atoms with Crippen molar-refractivity contribution in [2.24, 2.45) is 5.73 Å². The molecular formula is C26H25F2N3O3. The summed E-state index contributed by atoms with van der Waals surface area (Å²) in [5.74, 6) is -1.28. The summed E-state index contributed by atoms with van der Waals surface area (Å²) in [6.07, 6.45) is 0. The van der Waals surface area contributed by atoms with Crippen molar-refractivity contribution in [3.8, 4) is 22.9 Å². The van der Waals surface area contributed by atoms with Gasteiger partial charge in [0.25, 0.3) is 5.91 Å². The van der Waals surface area contributed by atoms with Gasteiger partial charge in [0.15, 0.2) is 18.2 Å². The highest BCUT2D eigenvalue weighted by Crippen LogP contribution is 2.39. The Kier molecular flexibility index (Phi) is 6.24. The number of hydrogen-bond acceptors (Lipinski definition) is 4. The highest BCUT2D eigenvalue weighted by molar-refractivity contribution is 5.84. The second-order valence-electron chi connectivity index (χ2n) is 8.22. The Balaban J connectivity index is 2.01. The highest BCUT2D eigenvalue weighted by Gasteiger charge is 2.22. The zero-order chi connectivity index (χ0) is 24.6. The fourth-order valence-corrected chi connectivity index (χ4v) is 4.12. The summed E-state index contributed by atoms with van der Waals surface area (Å²) in [7, 11) is 1.52. The first kappa shape index (κ1) is 23.2. The highest BCUT2D eigenvalue weighted by atomic mass is 19.2. The van der Waals surface area contributed by atoms with Crippen molar-refractivity contribution in [1.82, 2.24) is 9.55 Å². The van der Waals surface area contributed by atoms with Gasteiger partial charge in [-0.25, -0.2) is 13.8 Å². The third-order valence-electron chi connectivity index (χ3n) is 5.85. The van der Waals surface area contributed by atoms with Gasteiger partial charge in [0.2, 0.25) is 0 Å². The molecule has 0 fully saturated rings. The number of nitrogens with zero attached hydrogens (tertiary/aromatic N) is 2. The van der Waals surface area contributed by atoms with Crippen LogP contribution in [-0.2, 0) is 11.3 Å². The van der Waals surface area contributed by atoms with E-state index in [2.05, 4.69) is 4.98 Å². The monoisotopic (exact) mass is 465 g/mol. The maximum Gasteiger partial charge on any atom is 0.255 e. The molecule has 0 saturated heterocycles. The number of benzene rings is 3. The Morgan fingerprint density at radius 2 is 1.71 bits per heavy atom. The first-order valence-corrected chi connectivity index (χ1v) is 10.7. The Hall–Kier alpha value is -3.94. The number of imidazole rings is 1. The van der Waals surface area contributed by atoms with Crippen LogP contribution in [0, 0.1) is 32.4 Å². The lowest BCUT2D eigenvalue weighted by Crippen LogP contribution is -2.20. The number of fused-ring (bicyclic) bond motifs is 1. The van der Waals surface area contributed by atoms with Gasteiger partial charge in [-0.3, -0.25) is 4.79 Å². The Morgan fingerprint density at radius 1 is 1.03 bits per heavy atom. The average Bonchev–Trinajstić information content (AvgIpc) is 3.11. The van der Waals surface area contributed by atoms with E-state index in [9.17, 15) is 13.6 Å². The second-order valence-corrected chi connectivity index (χ2v) is 8.22. The molecule has 176 valence electrons. The number of primary amides is 1. The van der Waals surface area contributed by atoms with Gasteiger partial charge < -0.3 is 19.8 Å². The Labute approximate surface area is 195 Å². The Bertz CT molecular complexity index is 1390. The molecule has 0 bridgehead atoms. The van der Waals surface area contributed by atoms with Crippen molar-refractivity contribution in [1.29, 1.82) is 0 Å². The van der Waals surface area contributed by atoms with Crippen molar-refractivity contribution in [3.63, 3.8) is 0 Å². The first-order valence-electron chi connectivity index (χ1n) is 10.7. The van der Waals surface area contributed by atoms with Crippen molar-refractivity contribution in [3.05, 3.63) is 76.4 Å². The second kappa shape index (κ2) is 9.13. The van der Waals surface area contributed by atoms with E-state index in [0.29, 0.717) is 40.5 Å². The molecule has 3 aromatic carbocycles. The minimum absolute atomic E-state index is 0.302. The van der Waals surface area contributed by atoms with Crippen molar-refractivity contribution >= 4 is 16.9 Å². The molecular weight excluding hydrogens is 440 g/mol. The summed E-state index contributed by atoms with van der Waals surface area (Å²) >= 11 is 0. The van der Waals surface area contributed by atoms with E-state index in [4.69, 9.17) is 15.2 Å². The van der Waals surface area contributed by atoms with Crippen LogP contribution >= 0.6 is 0 Å². The van der Waals surface area contributed by atoms with E-state index in [1.54, 1.807) is 12.1 Å². The molecule has 4 rings (SSSR count). The average molecular weight is 466 g/mol. The van der Waals surface area contributed by atoms with Crippen molar-refractivity contribution < 1.29 is 23.0 Å². The maximum atomic E-state index is 14.3. The molecule has 0 spiro atoms. The molecule has 1 amide bonds. The number of ether oxygens (including phenoxy) is 2. The van der Waals surface area contributed by atoms with Crippen molar-refractivity contribution in [2.45, 2.75) is 27.3 Å². The largest absolute Gasteiger partial charge is 0.497 e. The summed E-state index contributed by atoms with van der Waals surface area (Å²) in [5, 5.41) is 0. The standard InChI is InChI=1S/C26H25F2N3O3/c1-14-6-5-7-15(2)18(14)12-31-22-11-20(28)19(27)10-21(22)30-26(31)25-16(3)8-17(33-4)9-23(25)34-13-24(29)32/h5-11H,12-13H2,1-4H3,(H2,29,32). The van der Waals surface area contributed by atoms with Gasteiger partial charge >= 0.3 is 0 Å². The summed E-state index contributed by atoms with van der Waals surface area (Å²) < 4.78 is 41.3. The lowest BCUT2D eigenvalue weighted by molar-refractivity contribution is -0.119. The molecule has 0 aliphatic carbocycles. The predicted octanol–water partition coefficient (Wildman–Crippen LogP) is 4.83. The molecule has 0 aliphatic rings. The maximum absolute atomic E-state index is 14.3. The number of carbonyl (C=O) groups excluding carboxylic acids is 1. The minimum atomic E-state index is -0.979. The van der Waals surface area contributed by atoms with E-state index >= 15 is 0 Å². The third-order valence-corrected chi connectivity index (χ3v) is 5.85. The molecule has 0 aliphatic heterocycles. The van der Waals surface area contributed by atoms with Crippen LogP contribution in [0.15, 0.2) is 42.5 Å². The van der Waals surface area contributed by atoms with Gasteiger partial charge in [-0.15, -0.1) is 0 Å². The molecule has 1 heterocycles. The van der Waals surface area contributed by atoms with Crippen molar-refractivity contribution in [2.75, 3.05) is 13.7 Å². The van der Waals surface area contributed by atoms with Crippen LogP contribution in [0.4, 0.5) is 8.78 Å². The number of methoxy groups -OCH3 is 1. The van der Waals surface area contributed by atoms with Crippen LogP contribution in [0.2, 0.25) is 0 Å². The molecule has 4 aromatic rings. The van der Waals surface area contributed by atoms with Gasteiger partial charge in [0, 0.05) is 18.2 Å². The number of halogens is 2. The van der Waals surface area contributed by atoms with Gasteiger partial charge in [0.05, 0.1) is 30.3 Å². The van der Waals surface area contributed by atoms with Crippen LogP contribution in [0.1, 0.15) is 22.3 Å². The van der Waals surface area contributed by atoms with E-state index < -0.39 is 17.5 Å². The van der Waals surface area contributed by atoms with E-state index in [0.717, 1.165) is 34.4 Å². The number of aromatic nitrogens is 2. The fraction of sp³-hybridized carbons (Fsp3) is 0.231. The molecule has 1 aromatic heterocycles. The van der Waals surface area contributed by atoms with Crippen LogP contribution < -0.4 is 15.2 Å². The zero-order valence-corrected chi connectivity index (χ0v) is 19.4. The first-order chi connectivity index (χ1) is 16.2. The van der Waals surface area contributed by atoms with E-state index in [-0.39, 0.29) is 6.61 Å². The molecule has 0 atom stereocenters. The quantitative estimate of drug-likeness (QED) is 0.424. The molecule has 0 saturated carbocycles. The zero-order valence-electron chi connectivity index (χ0n) is 19.4. The number of nitrogens with two attached hydrogens (primary N) is 1. The molecule has 2 N–H and O–H groups in total. The summed E-state index contributed by atoms with van der Waals surface area (Å²) in [4.78, 5) is 16.1. The topological polar surface area (TPSA) is 79.4 Å². The third kappa shape index (κ3) is 4.31. The molecule has 6 nitrogen and oxygen atoms in total. The SMILES string of the molecule is COc1cc(C)c(-c2nc3cc(F)c(F)cc3n2Cc2c(C)cccc2C)c(OCC(N)=O)c1. The molecule has 34 heavy (non-hydrogen) atoms. The minimum Gasteiger partial charge on any atom is -0.497 e. The summed E-state index contributed by atoms with van der Waals surface area (Å²) in [6, 6.07) is 11.6. The van der Waals surface area contributed by atoms with Crippen LogP contribution in [-0.4, -0.2) is 29.2 Å². The van der Waals surface area contributed by atoms with Gasteiger partial charge in [-0.1, -0.05) is 18.2 Å². The molecule has 8 heteroatoms. The molecule has 0 unspecified atom stereocenters. The lowest BCUT2D eigenvalue weighted by Gasteiger charge is -2.18. The molecule has 0 radical (unpaired) electrons. The fourth-order valence-electron chi connectivity index (χ4n) is 4.12. The number of carbonyl (C=O) groups is 1. The predicted molar refractivity (Wildman–Crippen MR) is 126 cm³/mol. The summed E-state index contributed by atoms with van der Waals surface area (Å²) in [6.45, 7) is 5.87. The number of aryl methyl sites for hydroxylation is 3. The van der Waals surface area contributed by atoms with Crippen LogP contribution in [0.25, 0.3) is 22.4 Å². The Morgan fingerprint density at radius 3 is 2.35 bits per heavy atom. The number of amides is 1. The van der Waals surface area contributed by atoms with Crippen LogP contribution in [0.5, 0.6) is 11.5 Å². The normalized spacial score (nSPS) is 11.1. The number of rotatable bonds is 7. The van der Waals surface area contributed by atoms with Crippen LogP contribution in [0.3, 0.4) is 0 Å². The smallest absolute Gasteiger partial charge is 0.255 e. The van der Waals surface area contributed by atoms with E-state index in [1.165, 1.54) is 7.11 Å².